The Balaban J connectivity index is 1.85. The molecule has 0 spiro atoms. The number of nitrogens with zero attached hydrogens (tertiary/aromatic N) is 2. The Morgan fingerprint density at radius 2 is 1.90 bits per heavy atom. The molecule has 0 aliphatic rings. The predicted molar refractivity (Wildman–Crippen MR) is 71.4 cm³/mol. The van der Waals surface area contributed by atoms with Crippen molar-refractivity contribution in [1.29, 1.82) is 0 Å². The third kappa shape index (κ3) is 3.58. The lowest BCUT2D eigenvalue weighted by molar-refractivity contribution is -0.145. The van der Waals surface area contributed by atoms with E-state index in [0.29, 0.717) is 11.4 Å². The summed E-state index contributed by atoms with van der Waals surface area (Å²) in [5.41, 5.74) is 11.7. The zero-order valence-electron chi connectivity index (χ0n) is 10.7. The zero-order valence-corrected chi connectivity index (χ0v) is 10.7. The van der Waals surface area contributed by atoms with Crippen LogP contribution in [-0.2, 0) is 22.7 Å². The maximum absolute atomic E-state index is 11.6. The summed E-state index contributed by atoms with van der Waals surface area (Å²) >= 11 is 0. The monoisotopic (exact) mass is 274 g/mol. The van der Waals surface area contributed by atoms with Crippen LogP contribution in [0.3, 0.4) is 0 Å². The van der Waals surface area contributed by atoms with Crippen LogP contribution < -0.4 is 11.5 Å². The highest BCUT2D eigenvalue weighted by Crippen LogP contribution is 2.06. The molecule has 0 saturated heterocycles. The molecule has 0 bridgehead atoms. The molecule has 1 aromatic carbocycles. The van der Waals surface area contributed by atoms with Crippen molar-refractivity contribution >= 4 is 17.7 Å². The van der Waals surface area contributed by atoms with Gasteiger partial charge in [-0.2, -0.15) is 5.10 Å². The quantitative estimate of drug-likeness (QED) is 0.762. The Labute approximate surface area is 115 Å². The first-order chi connectivity index (χ1) is 9.54. The van der Waals surface area contributed by atoms with Gasteiger partial charge in [-0.05, 0) is 23.8 Å². The van der Waals surface area contributed by atoms with Crippen molar-refractivity contribution in [3.63, 3.8) is 0 Å². The summed E-state index contributed by atoms with van der Waals surface area (Å²) in [6.07, 6.45) is 1.60. The number of hydrogen-bond donors (Lipinski definition) is 2. The van der Waals surface area contributed by atoms with Gasteiger partial charge in [0, 0.05) is 11.8 Å². The molecule has 0 atom stereocenters. The Bertz CT molecular complexity index is 619. The van der Waals surface area contributed by atoms with Crippen molar-refractivity contribution in [2.75, 3.05) is 5.73 Å². The van der Waals surface area contributed by atoms with Crippen LogP contribution in [0.25, 0.3) is 0 Å². The van der Waals surface area contributed by atoms with Crippen LogP contribution in [0, 0.1) is 0 Å². The second-order valence-electron chi connectivity index (χ2n) is 4.16. The summed E-state index contributed by atoms with van der Waals surface area (Å²) in [6.45, 7) is 0.116. The molecule has 0 radical (unpaired) electrons. The molecule has 7 heteroatoms. The summed E-state index contributed by atoms with van der Waals surface area (Å²) in [7, 11) is 0. The molecular weight excluding hydrogens is 260 g/mol. The van der Waals surface area contributed by atoms with Gasteiger partial charge in [0.05, 0.1) is 0 Å². The van der Waals surface area contributed by atoms with Crippen molar-refractivity contribution in [3.05, 3.63) is 47.7 Å². The normalized spacial score (nSPS) is 10.2. The fraction of sp³-hybridized carbons (Fsp3) is 0.154. The van der Waals surface area contributed by atoms with Crippen molar-refractivity contribution in [1.82, 2.24) is 9.78 Å². The summed E-state index contributed by atoms with van der Waals surface area (Å²) in [5.74, 6) is -0.572. The number of aromatic nitrogens is 2. The minimum absolute atomic E-state index is 0.00340. The highest BCUT2D eigenvalue weighted by atomic mass is 16.5. The zero-order chi connectivity index (χ0) is 14.5. The van der Waals surface area contributed by atoms with E-state index < -0.39 is 11.9 Å². The number of amides is 1. The van der Waals surface area contributed by atoms with E-state index in [0.717, 1.165) is 5.56 Å². The van der Waals surface area contributed by atoms with Crippen molar-refractivity contribution in [3.8, 4) is 0 Å². The molecule has 2 rings (SSSR count). The first-order valence-electron chi connectivity index (χ1n) is 5.88. The molecule has 4 N–H and O–H groups in total. The van der Waals surface area contributed by atoms with E-state index in [1.165, 1.54) is 4.68 Å². The van der Waals surface area contributed by atoms with Gasteiger partial charge in [-0.1, -0.05) is 12.1 Å². The molecule has 0 fully saturated rings. The van der Waals surface area contributed by atoms with Crippen molar-refractivity contribution in [2.24, 2.45) is 5.73 Å². The Kier molecular flexibility index (Phi) is 3.99. The van der Waals surface area contributed by atoms with E-state index >= 15 is 0 Å². The number of carbonyl (C=O) groups is 2. The van der Waals surface area contributed by atoms with Gasteiger partial charge in [0.15, 0.2) is 0 Å². The van der Waals surface area contributed by atoms with Crippen LogP contribution in [0.2, 0.25) is 0 Å². The first kappa shape index (κ1) is 13.6. The van der Waals surface area contributed by atoms with Gasteiger partial charge in [0.1, 0.15) is 19.0 Å². The van der Waals surface area contributed by atoms with E-state index in [2.05, 4.69) is 5.10 Å². The van der Waals surface area contributed by atoms with Crippen molar-refractivity contribution in [2.45, 2.75) is 13.2 Å². The van der Waals surface area contributed by atoms with Crippen LogP contribution in [0.1, 0.15) is 15.9 Å². The van der Waals surface area contributed by atoms with E-state index in [1.54, 1.807) is 36.5 Å². The number of hydrogen-bond acceptors (Lipinski definition) is 5. The van der Waals surface area contributed by atoms with Gasteiger partial charge in [-0.3, -0.25) is 14.3 Å². The smallest absolute Gasteiger partial charge is 0.328 e. The lowest BCUT2D eigenvalue weighted by atomic mass is 10.1. The van der Waals surface area contributed by atoms with Crippen LogP contribution in [-0.4, -0.2) is 21.7 Å². The molecule has 104 valence electrons. The van der Waals surface area contributed by atoms with E-state index in [-0.39, 0.29) is 13.2 Å². The van der Waals surface area contributed by atoms with E-state index in [4.69, 9.17) is 16.2 Å². The highest BCUT2D eigenvalue weighted by Gasteiger charge is 2.06. The number of esters is 1. The molecule has 2 aromatic rings. The number of nitrogens with two attached hydrogens (primary N) is 2. The minimum atomic E-state index is -0.496. The fourth-order valence-corrected chi connectivity index (χ4v) is 1.57. The predicted octanol–water partition coefficient (Wildman–Crippen LogP) is 0.308. The third-order valence-corrected chi connectivity index (χ3v) is 2.59. The molecule has 20 heavy (non-hydrogen) atoms. The fourth-order valence-electron chi connectivity index (χ4n) is 1.57. The summed E-state index contributed by atoms with van der Waals surface area (Å²) in [6, 6.07) is 8.12. The Morgan fingerprint density at radius 1 is 1.20 bits per heavy atom. The summed E-state index contributed by atoms with van der Waals surface area (Å²) < 4.78 is 6.48. The average Bonchev–Trinajstić information content (AvgIpc) is 2.82. The lowest BCUT2D eigenvalue weighted by Crippen LogP contribution is -2.14. The number of ether oxygens (including phenoxy) is 1. The van der Waals surface area contributed by atoms with Gasteiger partial charge < -0.3 is 16.2 Å². The van der Waals surface area contributed by atoms with Gasteiger partial charge in [0.2, 0.25) is 5.91 Å². The standard InChI is InChI=1S/C13H14N4O3/c14-11-5-6-17(16-11)7-12(18)20-8-9-1-3-10(4-2-9)13(15)19/h1-6H,7-8H2,(H2,14,16)(H2,15,19). The van der Waals surface area contributed by atoms with Crippen molar-refractivity contribution < 1.29 is 14.3 Å². The number of benzene rings is 1. The molecule has 1 heterocycles. The lowest BCUT2D eigenvalue weighted by Gasteiger charge is -2.05. The van der Waals surface area contributed by atoms with Crippen LogP contribution >= 0.6 is 0 Å². The topological polar surface area (TPSA) is 113 Å². The minimum Gasteiger partial charge on any atom is -0.459 e. The van der Waals surface area contributed by atoms with Gasteiger partial charge in [0.25, 0.3) is 0 Å². The number of nitrogen functional groups attached to an aromatic ring is 1. The van der Waals surface area contributed by atoms with Gasteiger partial charge in [-0.15, -0.1) is 0 Å². The third-order valence-electron chi connectivity index (χ3n) is 2.59. The highest BCUT2D eigenvalue weighted by molar-refractivity contribution is 5.92. The first-order valence-corrected chi connectivity index (χ1v) is 5.88. The van der Waals surface area contributed by atoms with Gasteiger partial charge in [-0.25, -0.2) is 0 Å². The Morgan fingerprint density at radius 3 is 2.45 bits per heavy atom. The molecule has 1 amide bonds. The molecule has 0 unspecified atom stereocenters. The molecule has 0 aliphatic heterocycles. The van der Waals surface area contributed by atoms with Crippen LogP contribution in [0.15, 0.2) is 36.5 Å². The number of rotatable bonds is 5. The largest absolute Gasteiger partial charge is 0.459 e. The number of carbonyl (C=O) groups excluding carboxylic acids is 2. The molecule has 1 aromatic heterocycles. The van der Waals surface area contributed by atoms with E-state index in [9.17, 15) is 9.59 Å². The Hall–Kier alpha value is -2.83. The second kappa shape index (κ2) is 5.87. The van der Waals surface area contributed by atoms with E-state index in [1.807, 2.05) is 0 Å². The molecule has 0 aliphatic carbocycles. The van der Waals surface area contributed by atoms with Gasteiger partial charge >= 0.3 is 5.97 Å². The summed E-state index contributed by atoms with van der Waals surface area (Å²) in [5, 5.41) is 3.88. The maximum Gasteiger partial charge on any atom is 0.328 e. The SMILES string of the molecule is NC(=O)c1ccc(COC(=O)Cn2ccc(N)n2)cc1. The number of primary amides is 1. The van der Waals surface area contributed by atoms with Crippen LogP contribution in [0.5, 0.6) is 0 Å². The molecular formula is C13H14N4O3. The second-order valence-corrected chi connectivity index (χ2v) is 4.16. The maximum atomic E-state index is 11.6. The number of anilines is 1. The average molecular weight is 274 g/mol. The summed E-state index contributed by atoms with van der Waals surface area (Å²) in [4.78, 5) is 22.5. The molecule has 7 nitrogen and oxygen atoms in total. The molecule has 0 saturated carbocycles. The van der Waals surface area contributed by atoms with Crippen LogP contribution in [0.4, 0.5) is 5.82 Å².